The van der Waals surface area contributed by atoms with Gasteiger partial charge in [-0.25, -0.2) is 0 Å². The van der Waals surface area contributed by atoms with E-state index in [1.807, 2.05) is 39.0 Å². The van der Waals surface area contributed by atoms with Crippen molar-refractivity contribution in [2.75, 3.05) is 23.7 Å². The fourth-order valence-corrected chi connectivity index (χ4v) is 1.79. The van der Waals surface area contributed by atoms with E-state index in [0.29, 0.717) is 5.56 Å². The third kappa shape index (κ3) is 2.90. The lowest BCUT2D eigenvalue weighted by atomic mass is 10.1. The lowest BCUT2D eigenvalue weighted by Crippen LogP contribution is -2.40. The molecule has 4 nitrogen and oxygen atoms in total. The Morgan fingerprint density at radius 3 is 2.47 bits per heavy atom. The number of amides is 1. The topological polar surface area (TPSA) is 53.2 Å². The Morgan fingerprint density at radius 2 is 1.82 bits per heavy atom. The van der Waals surface area contributed by atoms with Crippen LogP contribution in [0.1, 0.15) is 31.1 Å². The van der Waals surface area contributed by atoms with Crippen LogP contribution in [0.3, 0.4) is 0 Å². The molecular weight excluding hydrogens is 214 g/mol. The summed E-state index contributed by atoms with van der Waals surface area (Å²) in [7, 11) is 0. The number of anilines is 2. The number of carbonyl (C=O) groups excluding carboxylic acids is 1. The Morgan fingerprint density at radius 1 is 1.18 bits per heavy atom. The van der Waals surface area contributed by atoms with E-state index >= 15 is 0 Å². The van der Waals surface area contributed by atoms with E-state index in [9.17, 15) is 4.79 Å². The van der Waals surface area contributed by atoms with Crippen LogP contribution < -0.4 is 16.0 Å². The first-order valence-corrected chi connectivity index (χ1v) is 5.90. The van der Waals surface area contributed by atoms with Crippen molar-refractivity contribution in [2.45, 2.75) is 26.3 Å². The molecule has 1 amide bonds. The molecule has 0 aliphatic carbocycles. The lowest BCUT2D eigenvalue weighted by Gasteiger charge is -2.23. The predicted molar refractivity (Wildman–Crippen MR) is 70.6 cm³/mol. The molecule has 0 saturated carbocycles. The summed E-state index contributed by atoms with van der Waals surface area (Å²) in [6.45, 7) is 7.73. The van der Waals surface area contributed by atoms with Gasteiger partial charge in [0.2, 0.25) is 0 Å². The molecule has 0 spiro atoms. The van der Waals surface area contributed by atoms with E-state index in [2.05, 4.69) is 16.0 Å². The molecule has 0 aromatic heterocycles. The van der Waals surface area contributed by atoms with Crippen molar-refractivity contribution in [3.8, 4) is 0 Å². The molecule has 1 aliphatic heterocycles. The van der Waals surface area contributed by atoms with Crippen LogP contribution >= 0.6 is 0 Å². The van der Waals surface area contributed by atoms with E-state index in [1.165, 1.54) is 0 Å². The Labute approximate surface area is 102 Å². The van der Waals surface area contributed by atoms with E-state index in [1.54, 1.807) is 0 Å². The van der Waals surface area contributed by atoms with E-state index in [4.69, 9.17) is 0 Å². The highest BCUT2D eigenvalue weighted by molar-refractivity contribution is 5.96. The normalized spacial score (nSPS) is 14.3. The van der Waals surface area contributed by atoms with Gasteiger partial charge in [-0.05, 0) is 39.0 Å². The second-order valence-electron chi connectivity index (χ2n) is 5.32. The summed E-state index contributed by atoms with van der Waals surface area (Å²) in [5, 5.41) is 9.52. The summed E-state index contributed by atoms with van der Waals surface area (Å²) < 4.78 is 0. The predicted octanol–water partition coefficient (Wildman–Crippen LogP) is 2.05. The van der Waals surface area contributed by atoms with Gasteiger partial charge in [-0.2, -0.15) is 0 Å². The fraction of sp³-hybridized carbons (Fsp3) is 0.462. The quantitative estimate of drug-likeness (QED) is 0.696. The van der Waals surface area contributed by atoms with Crippen LogP contribution in [0.25, 0.3) is 0 Å². The van der Waals surface area contributed by atoms with E-state index < -0.39 is 0 Å². The van der Waals surface area contributed by atoms with Gasteiger partial charge in [-0.3, -0.25) is 4.79 Å². The molecule has 0 atom stereocenters. The molecule has 0 saturated heterocycles. The molecule has 17 heavy (non-hydrogen) atoms. The molecule has 0 unspecified atom stereocenters. The maximum atomic E-state index is 12.0. The highest BCUT2D eigenvalue weighted by atomic mass is 16.1. The molecule has 92 valence electrons. The number of hydrogen-bond acceptors (Lipinski definition) is 3. The summed E-state index contributed by atoms with van der Waals surface area (Å²) in [6, 6.07) is 5.68. The summed E-state index contributed by atoms with van der Waals surface area (Å²) in [4.78, 5) is 12.0. The lowest BCUT2D eigenvalue weighted by molar-refractivity contribution is 0.0919. The molecule has 4 heteroatoms. The fourth-order valence-electron chi connectivity index (χ4n) is 1.79. The minimum atomic E-state index is -0.210. The number of hydrogen-bond donors (Lipinski definition) is 3. The zero-order valence-electron chi connectivity index (χ0n) is 10.6. The van der Waals surface area contributed by atoms with Gasteiger partial charge in [0.05, 0.1) is 11.4 Å². The summed E-state index contributed by atoms with van der Waals surface area (Å²) in [6.07, 6.45) is 0. The van der Waals surface area contributed by atoms with Gasteiger partial charge < -0.3 is 16.0 Å². The zero-order chi connectivity index (χ0) is 12.5. The van der Waals surface area contributed by atoms with Crippen molar-refractivity contribution in [3.05, 3.63) is 23.8 Å². The Kier molecular flexibility index (Phi) is 2.96. The molecular formula is C13H19N3O. The molecule has 2 rings (SSSR count). The first-order valence-electron chi connectivity index (χ1n) is 5.90. The van der Waals surface area contributed by atoms with Crippen LogP contribution in [0.2, 0.25) is 0 Å². The highest BCUT2D eigenvalue weighted by Crippen LogP contribution is 2.25. The SMILES string of the molecule is CC(C)(C)NC(=O)c1ccc2c(c1)NCCN2. The van der Waals surface area contributed by atoms with Crippen LogP contribution in [0.4, 0.5) is 11.4 Å². The van der Waals surface area contributed by atoms with Crippen molar-refractivity contribution in [3.63, 3.8) is 0 Å². The van der Waals surface area contributed by atoms with Gasteiger partial charge in [0.1, 0.15) is 0 Å². The molecule has 0 fully saturated rings. The average molecular weight is 233 g/mol. The molecule has 1 aliphatic rings. The first-order chi connectivity index (χ1) is 7.96. The number of nitrogens with one attached hydrogen (secondary N) is 3. The Balaban J connectivity index is 2.19. The average Bonchev–Trinajstić information content (AvgIpc) is 2.26. The molecule has 1 aromatic carbocycles. The number of fused-ring (bicyclic) bond motifs is 1. The van der Waals surface area contributed by atoms with Gasteiger partial charge in [0.15, 0.2) is 0 Å². The van der Waals surface area contributed by atoms with Gasteiger partial charge in [0.25, 0.3) is 5.91 Å². The molecule has 0 bridgehead atoms. The maximum absolute atomic E-state index is 12.0. The third-order valence-electron chi connectivity index (χ3n) is 2.53. The van der Waals surface area contributed by atoms with Crippen LogP contribution in [0.15, 0.2) is 18.2 Å². The van der Waals surface area contributed by atoms with Gasteiger partial charge in [-0.15, -0.1) is 0 Å². The van der Waals surface area contributed by atoms with Crippen molar-refractivity contribution in [2.24, 2.45) is 0 Å². The summed E-state index contributed by atoms with van der Waals surface area (Å²) >= 11 is 0. The molecule has 1 aromatic rings. The van der Waals surface area contributed by atoms with Gasteiger partial charge >= 0.3 is 0 Å². The third-order valence-corrected chi connectivity index (χ3v) is 2.53. The zero-order valence-corrected chi connectivity index (χ0v) is 10.6. The number of benzene rings is 1. The van der Waals surface area contributed by atoms with E-state index in [-0.39, 0.29) is 11.4 Å². The molecule has 3 N–H and O–H groups in total. The number of rotatable bonds is 1. The van der Waals surface area contributed by atoms with Crippen molar-refractivity contribution in [1.82, 2.24) is 5.32 Å². The smallest absolute Gasteiger partial charge is 0.251 e. The van der Waals surface area contributed by atoms with Gasteiger partial charge in [0, 0.05) is 24.2 Å². The highest BCUT2D eigenvalue weighted by Gasteiger charge is 2.17. The Hall–Kier alpha value is -1.71. The standard InChI is InChI=1S/C13H19N3O/c1-13(2,3)16-12(17)9-4-5-10-11(8-9)15-7-6-14-10/h4-5,8,14-15H,6-7H2,1-3H3,(H,16,17). The van der Waals surface area contributed by atoms with E-state index in [0.717, 1.165) is 24.5 Å². The van der Waals surface area contributed by atoms with Crippen LogP contribution in [-0.2, 0) is 0 Å². The minimum absolute atomic E-state index is 0.0346. The maximum Gasteiger partial charge on any atom is 0.251 e. The summed E-state index contributed by atoms with van der Waals surface area (Å²) in [5.41, 5.74) is 2.54. The van der Waals surface area contributed by atoms with Crippen LogP contribution in [0.5, 0.6) is 0 Å². The second-order valence-corrected chi connectivity index (χ2v) is 5.32. The van der Waals surface area contributed by atoms with Crippen LogP contribution in [0, 0.1) is 0 Å². The Bertz CT molecular complexity index is 435. The molecule has 0 radical (unpaired) electrons. The second kappa shape index (κ2) is 4.28. The number of carbonyl (C=O) groups is 1. The first kappa shape index (κ1) is 11.8. The summed E-state index contributed by atoms with van der Waals surface area (Å²) in [5.74, 6) is -0.0346. The van der Waals surface area contributed by atoms with Gasteiger partial charge in [-0.1, -0.05) is 0 Å². The van der Waals surface area contributed by atoms with Crippen molar-refractivity contribution in [1.29, 1.82) is 0 Å². The van der Waals surface area contributed by atoms with Crippen molar-refractivity contribution >= 4 is 17.3 Å². The minimum Gasteiger partial charge on any atom is -0.382 e. The molecule has 1 heterocycles. The van der Waals surface area contributed by atoms with Crippen LogP contribution in [-0.4, -0.2) is 24.5 Å². The largest absolute Gasteiger partial charge is 0.382 e. The van der Waals surface area contributed by atoms with Crippen molar-refractivity contribution < 1.29 is 4.79 Å². The monoisotopic (exact) mass is 233 g/mol.